The lowest BCUT2D eigenvalue weighted by Gasteiger charge is -2.20. The summed E-state index contributed by atoms with van der Waals surface area (Å²) in [6.07, 6.45) is 0. The summed E-state index contributed by atoms with van der Waals surface area (Å²) >= 11 is 0. The first kappa shape index (κ1) is 57.7. The molecule has 15 aromatic rings. The average molecular weight is 1220 g/mol. The van der Waals surface area contributed by atoms with E-state index in [1.165, 1.54) is 0 Å². The number of nitrogens with zero attached hydrogens (tertiary/aromatic N) is 12. The highest BCUT2D eigenvalue weighted by Gasteiger charge is 2.25. The lowest BCUT2D eigenvalue weighted by molar-refractivity contribution is 1.15. The van der Waals surface area contributed by atoms with E-state index in [1.54, 1.807) is 60.7 Å². The first-order valence-corrected chi connectivity index (χ1v) is 30.3. The summed E-state index contributed by atoms with van der Waals surface area (Å²) in [5.74, 6) is 0.489. The number of hydrogen-bond donors (Lipinski definition) is 0. The fourth-order valence-electron chi connectivity index (χ4n) is 13.1. The molecule has 0 bridgehead atoms. The van der Waals surface area contributed by atoms with E-state index in [-0.39, 0.29) is 0 Å². The zero-order chi connectivity index (χ0) is 65.6. The van der Waals surface area contributed by atoms with Gasteiger partial charge in [0.05, 0.1) is 118 Å². The number of aromatic nitrogens is 4. The number of nitriles is 4. The van der Waals surface area contributed by atoms with Crippen LogP contribution in [0, 0.1) is 71.6 Å². The van der Waals surface area contributed by atoms with Gasteiger partial charge in [-0.3, -0.25) is 0 Å². The Labute approximate surface area is 551 Å². The normalized spacial score (nSPS) is 10.8. The fraction of sp³-hybridized carbons (Fsp3) is 0. The molecule has 0 radical (unpaired) electrons. The quantitative estimate of drug-likeness (QED) is 0.125. The number of fused-ring (bicyclic) bond motifs is 6. The Bertz CT molecular complexity index is 5870. The molecule has 3 heterocycles. The zero-order valence-corrected chi connectivity index (χ0v) is 50.6. The second-order valence-electron chi connectivity index (χ2n) is 22.9. The number of rotatable bonds is 10. The Morgan fingerprint density at radius 1 is 0.292 bits per heavy atom. The van der Waals surface area contributed by atoms with Crippen LogP contribution in [0.15, 0.2) is 255 Å². The molecule has 0 aliphatic rings. The van der Waals surface area contributed by atoms with Crippen molar-refractivity contribution in [1.82, 2.24) is 19.1 Å². The zero-order valence-electron chi connectivity index (χ0n) is 50.6. The average Bonchev–Trinajstić information content (AvgIpc) is 1.56. The van der Waals surface area contributed by atoms with Crippen molar-refractivity contribution in [2.75, 3.05) is 0 Å². The monoisotopic (exact) mass is 1220 g/mol. The SMILES string of the molecule is [C-]#[N+]c1ccc(-c2ccc3c(c2)c2cc(-c4ccc([N+]#[C-])cc4[N+]#[C-])ccc2n3-c2cc(-c3nc(-c4ccccc4)cc(-c4ccccc4)n3)ccc2-c2ccccc2-n2c3ccc(-c4ccc(C#N)cc4C#N)cc3c3cc(-c4ccc(C#N)cc4C#N)ccc32)c([N+]#[C-])c1. The Morgan fingerprint density at radius 3 is 1.10 bits per heavy atom. The second-order valence-corrected chi connectivity index (χ2v) is 22.9. The third-order valence-corrected chi connectivity index (χ3v) is 17.6. The molecule has 0 atom stereocenters. The standard InChI is InChI=1S/C84H42N12/c1-89-62-26-31-66(76(44-62)91-3)57-24-35-81-72(41-57)73-42-58(67-32-27-63(90-2)45-77(67)92-4)25-36-82(73)96(81)83-43-59(84-93-74(53-13-7-5-8-14-53)46-75(94-84)54-15-9-6-10-16-54)21-30-69(83)68-17-11-12-18-78(68)95-79-33-22-55(64-28-19-51(47-85)37-60(64)49-87)39-70(79)71-40-56(23-34-80(71)95)65-29-20-52(48-86)38-61(65)50-88/h5-46H. The molecule has 0 amide bonds. The molecular formula is C84H42N12. The minimum Gasteiger partial charge on any atom is -0.309 e. The van der Waals surface area contributed by atoms with Crippen molar-refractivity contribution in [2.24, 2.45) is 0 Å². The third-order valence-electron chi connectivity index (χ3n) is 17.6. The lowest BCUT2D eigenvalue weighted by Crippen LogP contribution is -2.03. The highest BCUT2D eigenvalue weighted by atomic mass is 15.0. The molecule has 12 heteroatoms. The van der Waals surface area contributed by atoms with Crippen molar-refractivity contribution in [3.05, 3.63) is 323 Å². The Kier molecular flexibility index (Phi) is 14.3. The molecule has 0 aliphatic heterocycles. The highest BCUT2D eigenvalue weighted by molar-refractivity contribution is 6.15. The minimum absolute atomic E-state index is 0.341. The van der Waals surface area contributed by atoms with Crippen LogP contribution in [0.2, 0.25) is 0 Å². The molecule has 0 saturated heterocycles. The molecule has 12 nitrogen and oxygen atoms in total. The molecule has 3 aromatic heterocycles. The Hall–Kier alpha value is -14.8. The van der Waals surface area contributed by atoms with Crippen molar-refractivity contribution in [2.45, 2.75) is 0 Å². The largest absolute Gasteiger partial charge is 0.309 e. The summed E-state index contributed by atoms with van der Waals surface area (Å²) in [5.41, 5.74) is 19.2. The van der Waals surface area contributed by atoms with Crippen molar-refractivity contribution < 1.29 is 0 Å². The predicted octanol–water partition coefficient (Wildman–Crippen LogP) is 21.7. The predicted molar refractivity (Wildman–Crippen MR) is 378 cm³/mol. The molecule has 15 rings (SSSR count). The molecule has 0 aliphatic carbocycles. The van der Waals surface area contributed by atoms with Crippen LogP contribution in [-0.4, -0.2) is 19.1 Å². The molecule has 0 fully saturated rings. The van der Waals surface area contributed by atoms with Gasteiger partial charge in [-0.25, -0.2) is 29.3 Å². The summed E-state index contributed by atoms with van der Waals surface area (Å²) in [7, 11) is 0. The van der Waals surface area contributed by atoms with Gasteiger partial charge in [-0.1, -0.05) is 164 Å². The van der Waals surface area contributed by atoms with Crippen molar-refractivity contribution >= 4 is 66.4 Å². The molecule has 0 spiro atoms. The smallest absolute Gasteiger partial charge is 0.184 e. The summed E-state index contributed by atoms with van der Waals surface area (Å²) in [6.45, 7) is 32.0. The molecular weight excluding hydrogens is 1180 g/mol. The van der Waals surface area contributed by atoms with E-state index < -0.39 is 0 Å². The van der Waals surface area contributed by atoms with Crippen LogP contribution in [0.3, 0.4) is 0 Å². The van der Waals surface area contributed by atoms with Gasteiger partial charge in [0.2, 0.25) is 0 Å². The van der Waals surface area contributed by atoms with Crippen LogP contribution in [0.5, 0.6) is 0 Å². The van der Waals surface area contributed by atoms with Gasteiger partial charge in [-0.15, -0.1) is 0 Å². The van der Waals surface area contributed by atoms with Crippen molar-refractivity contribution in [1.29, 1.82) is 21.0 Å². The summed E-state index contributed by atoms with van der Waals surface area (Å²) < 4.78 is 4.49. The summed E-state index contributed by atoms with van der Waals surface area (Å²) in [4.78, 5) is 25.7. The van der Waals surface area contributed by atoms with Gasteiger partial charge >= 0.3 is 0 Å². The van der Waals surface area contributed by atoms with E-state index in [0.29, 0.717) is 73.1 Å². The van der Waals surface area contributed by atoms with Crippen LogP contribution in [0.4, 0.5) is 22.7 Å². The molecule has 96 heavy (non-hydrogen) atoms. The number of hydrogen-bond acceptors (Lipinski definition) is 6. The van der Waals surface area contributed by atoms with Crippen molar-refractivity contribution in [3.8, 4) is 125 Å². The van der Waals surface area contributed by atoms with Crippen LogP contribution in [-0.2, 0) is 0 Å². The Morgan fingerprint density at radius 2 is 0.677 bits per heavy atom. The molecule has 0 N–H and O–H groups in total. The van der Waals surface area contributed by atoms with Gasteiger partial charge in [0.25, 0.3) is 0 Å². The van der Waals surface area contributed by atoms with Crippen LogP contribution in [0.1, 0.15) is 22.3 Å². The maximum atomic E-state index is 10.5. The van der Waals surface area contributed by atoms with Gasteiger partial charge in [0, 0.05) is 49.4 Å². The Balaban J connectivity index is 1.03. The van der Waals surface area contributed by atoms with Gasteiger partial charge in [-0.05, 0) is 136 Å². The number of para-hydroxylation sites is 1. The molecule has 438 valence electrons. The lowest BCUT2D eigenvalue weighted by atomic mass is 9.95. The highest BCUT2D eigenvalue weighted by Crippen LogP contribution is 2.47. The van der Waals surface area contributed by atoms with E-state index >= 15 is 0 Å². The van der Waals surface area contributed by atoms with Gasteiger partial charge in [0.15, 0.2) is 28.6 Å². The van der Waals surface area contributed by atoms with Crippen molar-refractivity contribution in [3.63, 3.8) is 0 Å². The third kappa shape index (κ3) is 9.91. The topological polar surface area (TPSA) is 148 Å². The maximum absolute atomic E-state index is 10.5. The van der Waals surface area contributed by atoms with E-state index in [0.717, 1.165) is 116 Å². The van der Waals surface area contributed by atoms with Crippen LogP contribution in [0.25, 0.3) is 164 Å². The van der Waals surface area contributed by atoms with Crippen LogP contribution >= 0.6 is 0 Å². The number of benzene rings is 12. The summed E-state index contributed by atoms with van der Waals surface area (Å²) in [6, 6.07) is 90.8. The van der Waals surface area contributed by atoms with Crippen LogP contribution < -0.4 is 0 Å². The van der Waals surface area contributed by atoms with Gasteiger partial charge < -0.3 is 9.13 Å². The van der Waals surface area contributed by atoms with E-state index in [1.807, 2.05) is 115 Å². The van der Waals surface area contributed by atoms with Gasteiger partial charge in [0.1, 0.15) is 0 Å². The minimum atomic E-state index is 0.341. The van der Waals surface area contributed by atoms with E-state index in [4.69, 9.17) is 36.3 Å². The molecule has 0 saturated carbocycles. The molecule has 12 aromatic carbocycles. The van der Waals surface area contributed by atoms with E-state index in [2.05, 4.69) is 132 Å². The second kappa shape index (κ2) is 23.9. The maximum Gasteiger partial charge on any atom is 0.184 e. The van der Waals surface area contributed by atoms with Gasteiger partial charge in [-0.2, -0.15) is 21.0 Å². The van der Waals surface area contributed by atoms with E-state index in [9.17, 15) is 21.0 Å². The molecule has 0 unspecified atom stereocenters. The first-order valence-electron chi connectivity index (χ1n) is 30.3. The first-order chi connectivity index (χ1) is 47.2. The fourth-order valence-corrected chi connectivity index (χ4v) is 13.1. The summed E-state index contributed by atoms with van der Waals surface area (Å²) in [5, 5.41) is 44.0.